The average molecular weight is 318 g/mol. The number of nitrogens with one attached hydrogen (secondary N) is 1. The van der Waals surface area contributed by atoms with Crippen LogP contribution in [-0.2, 0) is 11.3 Å². The van der Waals surface area contributed by atoms with Crippen LogP contribution in [-0.4, -0.2) is 31.7 Å². The maximum atomic E-state index is 11.9. The molecule has 0 spiro atoms. The number of carboxylic acids is 1. The second kappa shape index (κ2) is 6.69. The molecule has 9 nitrogen and oxygen atoms in total. The quantitative estimate of drug-likeness (QED) is 0.617. The van der Waals surface area contributed by atoms with Crippen LogP contribution in [0.4, 0.5) is 11.4 Å². The molecule has 2 aromatic rings. The van der Waals surface area contributed by atoms with E-state index in [1.807, 2.05) is 0 Å². The highest BCUT2D eigenvalue weighted by atomic mass is 16.6. The van der Waals surface area contributed by atoms with E-state index in [1.54, 1.807) is 13.0 Å². The summed E-state index contributed by atoms with van der Waals surface area (Å²) in [5.74, 6) is -1.58. The summed E-state index contributed by atoms with van der Waals surface area (Å²) in [6.07, 6.45) is 1.46. The molecule has 0 aliphatic rings. The van der Waals surface area contributed by atoms with E-state index in [2.05, 4.69) is 10.4 Å². The lowest BCUT2D eigenvalue weighted by atomic mass is 10.2. The van der Waals surface area contributed by atoms with E-state index in [0.29, 0.717) is 5.56 Å². The first-order valence-corrected chi connectivity index (χ1v) is 6.68. The molecule has 0 aliphatic heterocycles. The summed E-state index contributed by atoms with van der Waals surface area (Å²) in [4.78, 5) is 33.0. The van der Waals surface area contributed by atoms with Crippen molar-refractivity contribution in [2.24, 2.45) is 0 Å². The van der Waals surface area contributed by atoms with Gasteiger partial charge < -0.3 is 10.4 Å². The second-order valence-electron chi connectivity index (χ2n) is 4.85. The molecule has 9 heteroatoms. The Bertz CT molecular complexity index is 768. The van der Waals surface area contributed by atoms with E-state index in [0.717, 1.165) is 0 Å². The van der Waals surface area contributed by atoms with Crippen LogP contribution in [0.15, 0.2) is 30.5 Å². The van der Waals surface area contributed by atoms with Crippen molar-refractivity contribution in [2.75, 3.05) is 5.32 Å². The molecule has 23 heavy (non-hydrogen) atoms. The van der Waals surface area contributed by atoms with E-state index < -0.39 is 16.8 Å². The van der Waals surface area contributed by atoms with Gasteiger partial charge in [0.25, 0.3) is 5.69 Å². The van der Waals surface area contributed by atoms with E-state index >= 15 is 0 Å². The molecule has 0 radical (unpaired) electrons. The largest absolute Gasteiger partial charge is 0.476 e. The highest BCUT2D eigenvalue weighted by Gasteiger charge is 2.16. The Kier molecular flexibility index (Phi) is 4.69. The number of rotatable bonds is 6. The summed E-state index contributed by atoms with van der Waals surface area (Å²) in [6, 6.07) is 5.84. The monoisotopic (exact) mass is 318 g/mol. The van der Waals surface area contributed by atoms with Crippen molar-refractivity contribution in [2.45, 2.75) is 19.9 Å². The Morgan fingerprint density at radius 3 is 2.74 bits per heavy atom. The molecule has 1 aromatic heterocycles. The lowest BCUT2D eigenvalue weighted by Crippen LogP contribution is -2.16. The number of hydrogen-bond acceptors (Lipinski definition) is 5. The minimum Gasteiger partial charge on any atom is -0.476 e. The predicted molar refractivity (Wildman–Crippen MR) is 80.3 cm³/mol. The fraction of sp³-hybridized carbons (Fsp3) is 0.214. The number of amides is 1. The molecule has 0 atom stereocenters. The fourth-order valence-corrected chi connectivity index (χ4v) is 1.93. The second-order valence-corrected chi connectivity index (χ2v) is 4.85. The topological polar surface area (TPSA) is 127 Å². The number of aryl methyl sites for hydroxylation is 2. The highest BCUT2D eigenvalue weighted by Crippen LogP contribution is 2.25. The van der Waals surface area contributed by atoms with E-state index in [4.69, 9.17) is 5.11 Å². The number of anilines is 1. The zero-order valence-corrected chi connectivity index (χ0v) is 12.2. The van der Waals surface area contributed by atoms with Gasteiger partial charge in [0.2, 0.25) is 5.91 Å². The SMILES string of the molecule is Cc1ccc(NC(=O)CCn2ccc(C(=O)O)n2)c([N+](=O)[O-])c1. The Hall–Kier alpha value is -3.23. The number of carbonyl (C=O) groups excluding carboxylic acids is 1. The van der Waals surface area contributed by atoms with Crippen molar-refractivity contribution in [3.05, 3.63) is 51.8 Å². The van der Waals surface area contributed by atoms with Gasteiger partial charge in [0, 0.05) is 25.2 Å². The third kappa shape index (κ3) is 4.13. The van der Waals surface area contributed by atoms with E-state index in [-0.39, 0.29) is 30.0 Å². The van der Waals surface area contributed by atoms with Crippen LogP contribution in [0.2, 0.25) is 0 Å². The Labute approximate surface area is 130 Å². The van der Waals surface area contributed by atoms with Crippen LogP contribution >= 0.6 is 0 Å². The summed E-state index contributed by atoms with van der Waals surface area (Å²) in [5.41, 5.74) is 0.551. The lowest BCUT2D eigenvalue weighted by Gasteiger charge is -2.07. The molecule has 0 bridgehead atoms. The molecule has 0 unspecified atom stereocenters. The van der Waals surface area contributed by atoms with Crippen molar-refractivity contribution in [1.82, 2.24) is 9.78 Å². The van der Waals surface area contributed by atoms with Crippen LogP contribution in [0.25, 0.3) is 0 Å². The summed E-state index contributed by atoms with van der Waals surface area (Å²) < 4.78 is 1.33. The normalized spacial score (nSPS) is 10.3. The van der Waals surface area contributed by atoms with Gasteiger partial charge in [-0.2, -0.15) is 5.10 Å². The summed E-state index contributed by atoms with van der Waals surface area (Å²) in [6.45, 7) is 1.88. The van der Waals surface area contributed by atoms with Crippen LogP contribution in [0.5, 0.6) is 0 Å². The Morgan fingerprint density at radius 1 is 1.39 bits per heavy atom. The Balaban J connectivity index is 1.99. The summed E-state index contributed by atoms with van der Waals surface area (Å²) >= 11 is 0. The van der Waals surface area contributed by atoms with Gasteiger partial charge in [-0.25, -0.2) is 4.79 Å². The number of nitrogens with zero attached hydrogens (tertiary/aromatic N) is 3. The number of nitro groups is 1. The number of benzene rings is 1. The molecule has 1 amide bonds. The van der Waals surface area contributed by atoms with E-state index in [9.17, 15) is 19.7 Å². The minimum absolute atomic E-state index is 0.00572. The first-order valence-electron chi connectivity index (χ1n) is 6.68. The van der Waals surface area contributed by atoms with Crippen molar-refractivity contribution >= 4 is 23.3 Å². The molecule has 0 fully saturated rings. The maximum absolute atomic E-state index is 11.9. The van der Waals surface area contributed by atoms with Gasteiger partial charge in [-0.1, -0.05) is 6.07 Å². The maximum Gasteiger partial charge on any atom is 0.356 e. The smallest absolute Gasteiger partial charge is 0.356 e. The number of aromatic carboxylic acids is 1. The lowest BCUT2D eigenvalue weighted by molar-refractivity contribution is -0.384. The minimum atomic E-state index is -1.15. The molecule has 0 aliphatic carbocycles. The van der Waals surface area contributed by atoms with Crippen molar-refractivity contribution in [3.63, 3.8) is 0 Å². The van der Waals surface area contributed by atoms with Crippen molar-refractivity contribution in [3.8, 4) is 0 Å². The van der Waals surface area contributed by atoms with Crippen molar-refractivity contribution < 1.29 is 19.6 Å². The number of carboxylic acid groups (broad SMARTS) is 1. The van der Waals surface area contributed by atoms with Gasteiger partial charge in [0.15, 0.2) is 5.69 Å². The van der Waals surface area contributed by atoms with Gasteiger partial charge in [0.1, 0.15) is 5.69 Å². The van der Waals surface area contributed by atoms with Gasteiger partial charge >= 0.3 is 5.97 Å². The number of nitro benzene ring substituents is 1. The van der Waals surface area contributed by atoms with Gasteiger partial charge in [0.05, 0.1) is 4.92 Å². The first-order chi connectivity index (χ1) is 10.9. The average Bonchev–Trinajstić information content (AvgIpc) is 2.96. The molecule has 1 aromatic carbocycles. The van der Waals surface area contributed by atoms with Gasteiger partial charge in [-0.15, -0.1) is 0 Å². The zero-order valence-electron chi connectivity index (χ0n) is 12.2. The molecule has 2 N–H and O–H groups in total. The third-order valence-corrected chi connectivity index (χ3v) is 3.05. The summed E-state index contributed by atoms with van der Waals surface area (Å²) in [7, 11) is 0. The number of aromatic nitrogens is 2. The van der Waals surface area contributed by atoms with Gasteiger partial charge in [-0.3, -0.25) is 19.6 Å². The molecular weight excluding hydrogens is 304 g/mol. The molecule has 1 heterocycles. The van der Waals surface area contributed by atoms with Crippen LogP contribution in [0.1, 0.15) is 22.5 Å². The standard InChI is InChI=1S/C14H14N4O5/c1-9-2-3-10(12(8-9)18(22)23)15-13(19)5-7-17-6-4-11(16-17)14(20)21/h2-4,6,8H,5,7H2,1H3,(H,15,19)(H,20,21). The predicted octanol–water partition coefficient (Wildman–Crippen LogP) is 1.83. The summed E-state index contributed by atoms with van der Waals surface area (Å²) in [5, 5.41) is 26.0. The van der Waals surface area contributed by atoms with E-state index in [1.165, 1.54) is 29.1 Å². The van der Waals surface area contributed by atoms with Crippen LogP contribution in [0, 0.1) is 17.0 Å². The highest BCUT2D eigenvalue weighted by molar-refractivity contribution is 5.93. The third-order valence-electron chi connectivity index (χ3n) is 3.05. The van der Waals surface area contributed by atoms with Crippen LogP contribution in [0.3, 0.4) is 0 Å². The number of carbonyl (C=O) groups is 2. The van der Waals surface area contributed by atoms with Crippen LogP contribution < -0.4 is 5.32 Å². The molecule has 0 saturated carbocycles. The number of hydrogen-bond donors (Lipinski definition) is 2. The molecule has 2 rings (SSSR count). The first kappa shape index (κ1) is 16.1. The molecular formula is C14H14N4O5. The van der Waals surface area contributed by atoms with Gasteiger partial charge in [-0.05, 0) is 24.6 Å². The Morgan fingerprint density at radius 2 is 2.13 bits per heavy atom. The fourth-order valence-electron chi connectivity index (χ4n) is 1.93. The zero-order chi connectivity index (χ0) is 17.0. The molecule has 120 valence electrons. The molecule has 0 saturated heterocycles. The van der Waals surface area contributed by atoms with Crippen molar-refractivity contribution in [1.29, 1.82) is 0 Å².